The number of para-hydroxylation sites is 2. The van der Waals surface area contributed by atoms with E-state index in [-0.39, 0.29) is 35.0 Å². The van der Waals surface area contributed by atoms with Crippen LogP contribution in [0.25, 0.3) is 15.8 Å². The zero-order valence-corrected chi connectivity index (χ0v) is 15.1. The fraction of sp³-hybridized carbons (Fsp3) is 0.0556. The third kappa shape index (κ3) is 2.95. The molecule has 3 aromatic rings. The molecule has 1 aliphatic heterocycles. The van der Waals surface area contributed by atoms with Crippen LogP contribution in [0.2, 0.25) is 0 Å². The highest BCUT2D eigenvalue weighted by Crippen LogP contribution is 2.32. The minimum Gasteiger partial charge on any atom is -0.509 e. The van der Waals surface area contributed by atoms with Gasteiger partial charge >= 0.3 is 0 Å². The molecule has 0 radical (unpaired) electrons. The third-order valence-corrected chi connectivity index (χ3v) is 5.25. The van der Waals surface area contributed by atoms with E-state index in [0.29, 0.717) is 5.01 Å². The van der Waals surface area contributed by atoms with Crippen molar-refractivity contribution in [3.05, 3.63) is 75.0 Å². The van der Waals surface area contributed by atoms with Crippen molar-refractivity contribution >= 4 is 44.6 Å². The molecule has 2 aromatic carbocycles. The number of aliphatic hydroxyl groups is 1. The molecule has 2 heterocycles. The number of nitrogens with zero attached hydrogens (tertiary/aromatic N) is 3. The molecular formula is C18H13N5O4S. The highest BCUT2D eigenvalue weighted by molar-refractivity contribution is 7.19. The molecule has 0 atom stereocenters. The van der Waals surface area contributed by atoms with E-state index in [1.807, 2.05) is 24.3 Å². The molecule has 0 unspecified atom stereocenters. The molecule has 0 spiro atoms. The molecule has 9 nitrogen and oxygen atoms in total. The summed E-state index contributed by atoms with van der Waals surface area (Å²) in [6.07, 6.45) is 0. The van der Waals surface area contributed by atoms with Crippen LogP contribution in [0, 0.1) is 15.5 Å². The Morgan fingerprint density at radius 2 is 1.96 bits per heavy atom. The summed E-state index contributed by atoms with van der Waals surface area (Å²) in [7, 11) is 0. The Labute approximate surface area is 162 Å². The van der Waals surface area contributed by atoms with Gasteiger partial charge in [-0.1, -0.05) is 24.3 Å². The second-order valence-corrected chi connectivity index (χ2v) is 6.99. The van der Waals surface area contributed by atoms with Gasteiger partial charge in [-0.3, -0.25) is 30.8 Å². The number of carbonyl (C=O) groups is 1. The van der Waals surface area contributed by atoms with Crippen molar-refractivity contribution in [3.8, 4) is 0 Å². The molecule has 3 N–H and O–H groups in total. The number of rotatable bonds is 4. The lowest BCUT2D eigenvalue weighted by Crippen LogP contribution is -2.44. The molecule has 0 saturated heterocycles. The Kier molecular flexibility index (Phi) is 4.24. The number of amides is 1. The van der Waals surface area contributed by atoms with Gasteiger partial charge in [-0.05, 0) is 18.2 Å². The standard InChI is InChI=1S/C18H13N5O4S/c19-16-15(18-20-11-6-2-4-8-14(11)28-18)13(24)9-22(16)21-17(25)10-5-1-3-7-12(10)23(26)27/h1-8,19,24H,9H2,(H,21,25). The first-order chi connectivity index (χ1) is 13.5. The quantitative estimate of drug-likeness (QED) is 0.459. The first-order valence-electron chi connectivity index (χ1n) is 8.14. The molecule has 0 saturated carbocycles. The van der Waals surface area contributed by atoms with Crippen molar-refractivity contribution < 1.29 is 14.8 Å². The molecule has 4 rings (SSSR count). The van der Waals surface area contributed by atoms with E-state index >= 15 is 0 Å². The second-order valence-electron chi connectivity index (χ2n) is 5.96. The topological polar surface area (TPSA) is 132 Å². The smallest absolute Gasteiger partial charge is 0.282 e. The number of hydrazine groups is 1. The number of hydrogen-bond donors (Lipinski definition) is 3. The van der Waals surface area contributed by atoms with E-state index in [0.717, 1.165) is 15.2 Å². The van der Waals surface area contributed by atoms with Crippen LogP contribution in [-0.4, -0.2) is 38.3 Å². The van der Waals surface area contributed by atoms with Gasteiger partial charge in [0.25, 0.3) is 11.6 Å². The Bertz CT molecular complexity index is 1140. The number of amidine groups is 1. The highest BCUT2D eigenvalue weighted by atomic mass is 32.1. The molecule has 10 heteroatoms. The Balaban J connectivity index is 1.58. The van der Waals surface area contributed by atoms with Crippen LogP contribution in [0.3, 0.4) is 0 Å². The molecule has 1 amide bonds. The van der Waals surface area contributed by atoms with Crippen LogP contribution in [0.1, 0.15) is 15.4 Å². The molecule has 0 fully saturated rings. The molecular weight excluding hydrogens is 382 g/mol. The highest BCUT2D eigenvalue weighted by Gasteiger charge is 2.32. The minimum absolute atomic E-state index is 0.105. The molecule has 0 bridgehead atoms. The van der Waals surface area contributed by atoms with E-state index in [4.69, 9.17) is 5.41 Å². The zero-order chi connectivity index (χ0) is 19.8. The van der Waals surface area contributed by atoms with E-state index in [1.165, 1.54) is 35.6 Å². The fourth-order valence-electron chi connectivity index (χ4n) is 2.89. The summed E-state index contributed by atoms with van der Waals surface area (Å²) in [5.41, 5.74) is 2.95. The lowest BCUT2D eigenvalue weighted by atomic mass is 10.2. The predicted molar refractivity (Wildman–Crippen MR) is 104 cm³/mol. The summed E-state index contributed by atoms with van der Waals surface area (Å²) >= 11 is 1.33. The first-order valence-corrected chi connectivity index (χ1v) is 8.96. The van der Waals surface area contributed by atoms with Crippen LogP contribution in [0.4, 0.5) is 5.69 Å². The predicted octanol–water partition coefficient (Wildman–Crippen LogP) is 3.11. The summed E-state index contributed by atoms with van der Waals surface area (Å²) in [6.45, 7) is -0.129. The summed E-state index contributed by atoms with van der Waals surface area (Å²) < 4.78 is 0.910. The van der Waals surface area contributed by atoms with Gasteiger partial charge in [0.2, 0.25) is 0 Å². The van der Waals surface area contributed by atoms with E-state index < -0.39 is 10.8 Å². The summed E-state index contributed by atoms with van der Waals surface area (Å²) in [5.74, 6) is -0.981. The van der Waals surface area contributed by atoms with E-state index in [1.54, 1.807) is 0 Å². The van der Waals surface area contributed by atoms with Crippen molar-refractivity contribution in [1.82, 2.24) is 15.4 Å². The summed E-state index contributed by atoms with van der Waals surface area (Å²) in [5, 5.41) is 31.4. The van der Waals surface area contributed by atoms with E-state index in [2.05, 4.69) is 10.4 Å². The number of hydrogen-bond acceptors (Lipinski definition) is 7. The normalized spacial score (nSPS) is 14.0. The average molecular weight is 395 g/mol. The van der Waals surface area contributed by atoms with Gasteiger partial charge in [-0.2, -0.15) is 0 Å². The molecule has 1 aliphatic rings. The number of aliphatic hydroxyl groups excluding tert-OH is 1. The van der Waals surface area contributed by atoms with Gasteiger partial charge in [0.05, 0.1) is 27.3 Å². The molecule has 1 aromatic heterocycles. The average Bonchev–Trinajstić information content (AvgIpc) is 3.21. The van der Waals surface area contributed by atoms with Gasteiger partial charge in [-0.25, -0.2) is 4.98 Å². The zero-order valence-electron chi connectivity index (χ0n) is 14.2. The Hall–Kier alpha value is -3.79. The maximum absolute atomic E-state index is 12.5. The Morgan fingerprint density at radius 1 is 1.25 bits per heavy atom. The van der Waals surface area contributed by atoms with Crippen molar-refractivity contribution in [1.29, 1.82) is 5.41 Å². The number of thiazole rings is 1. The molecule has 0 aliphatic carbocycles. The fourth-order valence-corrected chi connectivity index (χ4v) is 3.92. The van der Waals surface area contributed by atoms with Gasteiger partial charge in [-0.15, -0.1) is 11.3 Å². The number of carbonyl (C=O) groups excluding carboxylic acids is 1. The van der Waals surface area contributed by atoms with Crippen molar-refractivity contribution in [2.24, 2.45) is 0 Å². The van der Waals surface area contributed by atoms with E-state index in [9.17, 15) is 20.0 Å². The van der Waals surface area contributed by atoms with Gasteiger partial charge in [0.15, 0.2) is 5.84 Å². The summed E-state index contributed by atoms with van der Waals surface area (Å²) in [6, 6.07) is 13.0. The summed E-state index contributed by atoms with van der Waals surface area (Å²) in [4.78, 5) is 27.4. The van der Waals surface area contributed by atoms with Crippen molar-refractivity contribution in [2.45, 2.75) is 0 Å². The van der Waals surface area contributed by atoms with Gasteiger partial charge < -0.3 is 5.11 Å². The van der Waals surface area contributed by atoms with Crippen LogP contribution in [-0.2, 0) is 0 Å². The van der Waals surface area contributed by atoms with Crippen LogP contribution < -0.4 is 5.43 Å². The van der Waals surface area contributed by atoms with Gasteiger partial charge in [0.1, 0.15) is 16.3 Å². The number of nitro benzene ring substituents is 1. The number of nitrogens with one attached hydrogen (secondary N) is 2. The number of nitro groups is 1. The van der Waals surface area contributed by atoms with Crippen LogP contribution in [0.5, 0.6) is 0 Å². The third-order valence-electron chi connectivity index (χ3n) is 4.19. The minimum atomic E-state index is -0.740. The van der Waals surface area contributed by atoms with Crippen molar-refractivity contribution in [2.75, 3.05) is 6.54 Å². The molecule has 140 valence electrons. The van der Waals surface area contributed by atoms with Crippen LogP contribution in [0.15, 0.2) is 54.3 Å². The first kappa shape index (κ1) is 17.6. The largest absolute Gasteiger partial charge is 0.509 e. The lowest BCUT2D eigenvalue weighted by molar-refractivity contribution is -0.385. The number of fused-ring (bicyclic) bond motifs is 1. The van der Waals surface area contributed by atoms with Gasteiger partial charge in [0, 0.05) is 6.07 Å². The number of benzene rings is 2. The second kappa shape index (κ2) is 6.74. The lowest BCUT2D eigenvalue weighted by Gasteiger charge is -2.19. The van der Waals surface area contributed by atoms with Crippen molar-refractivity contribution in [3.63, 3.8) is 0 Å². The maximum Gasteiger partial charge on any atom is 0.282 e. The molecule has 28 heavy (non-hydrogen) atoms. The maximum atomic E-state index is 12.5. The number of aromatic nitrogens is 1. The Morgan fingerprint density at radius 3 is 2.71 bits per heavy atom. The van der Waals surface area contributed by atoms with Crippen LogP contribution >= 0.6 is 11.3 Å². The monoisotopic (exact) mass is 395 g/mol. The SMILES string of the molecule is N=C1C(c2nc3ccccc3s2)=C(O)CN1NC(=O)c1ccccc1[N+](=O)[O-].